The molecule has 1 aromatic heterocycles. The smallest absolute Gasteiger partial charge is 0.280 e. The summed E-state index contributed by atoms with van der Waals surface area (Å²) in [5.74, 6) is -0.156. The van der Waals surface area contributed by atoms with Crippen LogP contribution in [-0.2, 0) is 6.54 Å². The quantitative estimate of drug-likeness (QED) is 0.937. The van der Waals surface area contributed by atoms with Crippen molar-refractivity contribution < 1.29 is 4.79 Å². The molecule has 0 saturated carbocycles. The minimum Gasteiger partial charge on any atom is -0.346 e. The highest BCUT2D eigenvalue weighted by Crippen LogP contribution is 2.17. The van der Waals surface area contributed by atoms with Crippen molar-refractivity contribution in [3.05, 3.63) is 50.4 Å². The van der Waals surface area contributed by atoms with Gasteiger partial charge in [-0.1, -0.05) is 29.8 Å². The number of hydrogen-bond acceptors (Lipinski definition) is 3. The molecule has 18 heavy (non-hydrogen) atoms. The number of nitrogens with one attached hydrogen (secondary N) is 1. The summed E-state index contributed by atoms with van der Waals surface area (Å²) in [7, 11) is 0. The molecular formula is C13H13ClN2OS. The molecule has 0 saturated heterocycles. The van der Waals surface area contributed by atoms with E-state index in [0.717, 1.165) is 16.1 Å². The normalized spacial score (nSPS) is 10.4. The second kappa shape index (κ2) is 5.50. The summed E-state index contributed by atoms with van der Waals surface area (Å²) in [6, 6.07) is 7.45. The molecule has 5 heteroatoms. The molecule has 0 bridgehead atoms. The maximum atomic E-state index is 11.9. The maximum Gasteiger partial charge on any atom is 0.280 e. The van der Waals surface area contributed by atoms with Crippen LogP contribution in [0.25, 0.3) is 0 Å². The zero-order valence-electron chi connectivity index (χ0n) is 10.2. The van der Waals surface area contributed by atoms with Gasteiger partial charge < -0.3 is 5.32 Å². The average molecular weight is 281 g/mol. The van der Waals surface area contributed by atoms with E-state index >= 15 is 0 Å². The molecule has 1 N–H and O–H groups in total. The fraction of sp³-hybridized carbons (Fsp3) is 0.231. The van der Waals surface area contributed by atoms with E-state index in [0.29, 0.717) is 16.6 Å². The van der Waals surface area contributed by atoms with E-state index < -0.39 is 0 Å². The van der Waals surface area contributed by atoms with E-state index in [4.69, 9.17) is 11.6 Å². The van der Waals surface area contributed by atoms with Crippen molar-refractivity contribution in [3.8, 4) is 0 Å². The number of aromatic nitrogens is 1. The highest BCUT2D eigenvalue weighted by Gasteiger charge is 2.12. The van der Waals surface area contributed by atoms with Crippen LogP contribution >= 0.6 is 22.9 Å². The number of carbonyl (C=O) groups is 1. The van der Waals surface area contributed by atoms with Gasteiger partial charge in [-0.3, -0.25) is 4.79 Å². The van der Waals surface area contributed by atoms with Crippen molar-refractivity contribution in [1.82, 2.24) is 10.3 Å². The van der Waals surface area contributed by atoms with Crippen LogP contribution in [-0.4, -0.2) is 10.9 Å². The monoisotopic (exact) mass is 280 g/mol. The van der Waals surface area contributed by atoms with E-state index in [2.05, 4.69) is 10.3 Å². The fourth-order valence-corrected chi connectivity index (χ4v) is 2.50. The van der Waals surface area contributed by atoms with Crippen LogP contribution in [0.3, 0.4) is 0 Å². The number of thiazole rings is 1. The van der Waals surface area contributed by atoms with E-state index in [9.17, 15) is 4.79 Å². The first-order valence-electron chi connectivity index (χ1n) is 5.53. The zero-order chi connectivity index (χ0) is 13.1. The van der Waals surface area contributed by atoms with Crippen LogP contribution in [0, 0.1) is 13.8 Å². The maximum absolute atomic E-state index is 11.9. The van der Waals surface area contributed by atoms with Gasteiger partial charge in [-0.2, -0.15) is 0 Å². The third-order valence-corrected chi connectivity index (χ3v) is 4.06. The summed E-state index contributed by atoms with van der Waals surface area (Å²) >= 11 is 7.42. The lowest BCUT2D eigenvalue weighted by atomic mass is 10.2. The van der Waals surface area contributed by atoms with Crippen LogP contribution in [0.15, 0.2) is 24.3 Å². The van der Waals surface area contributed by atoms with Crippen molar-refractivity contribution in [2.75, 3.05) is 0 Å². The van der Waals surface area contributed by atoms with Gasteiger partial charge in [0.2, 0.25) is 0 Å². The molecular weight excluding hydrogens is 268 g/mol. The lowest BCUT2D eigenvalue weighted by molar-refractivity contribution is 0.0950. The minimum absolute atomic E-state index is 0.156. The molecule has 3 nitrogen and oxygen atoms in total. The molecule has 0 spiro atoms. The molecule has 1 heterocycles. The molecule has 0 aliphatic rings. The number of nitrogens with zero attached hydrogens (tertiary/aromatic N) is 1. The molecule has 0 aliphatic heterocycles. The van der Waals surface area contributed by atoms with Gasteiger partial charge in [0.15, 0.2) is 5.01 Å². The van der Waals surface area contributed by atoms with Gasteiger partial charge >= 0.3 is 0 Å². The molecule has 0 atom stereocenters. The fourth-order valence-electron chi connectivity index (χ4n) is 1.46. The standard InChI is InChI=1S/C13H13ClN2OS/c1-8-9(2)18-13(16-8)12(17)15-7-10-5-3-4-6-11(10)14/h3-6H,7H2,1-2H3,(H,15,17). The summed E-state index contributed by atoms with van der Waals surface area (Å²) in [5, 5.41) is 3.98. The number of rotatable bonds is 3. The van der Waals surface area contributed by atoms with Crippen molar-refractivity contribution in [3.63, 3.8) is 0 Å². The first-order chi connectivity index (χ1) is 8.58. The van der Waals surface area contributed by atoms with E-state index in [-0.39, 0.29) is 5.91 Å². The van der Waals surface area contributed by atoms with Crippen molar-refractivity contribution in [2.45, 2.75) is 20.4 Å². The highest BCUT2D eigenvalue weighted by molar-refractivity contribution is 7.13. The van der Waals surface area contributed by atoms with Gasteiger partial charge in [0.05, 0.1) is 5.69 Å². The SMILES string of the molecule is Cc1nc(C(=O)NCc2ccccc2Cl)sc1C. The van der Waals surface area contributed by atoms with Crippen LogP contribution in [0.1, 0.15) is 25.9 Å². The molecule has 94 valence electrons. The first kappa shape index (κ1) is 13.1. The summed E-state index contributed by atoms with van der Waals surface area (Å²) in [6.45, 7) is 4.27. The minimum atomic E-state index is -0.156. The summed E-state index contributed by atoms with van der Waals surface area (Å²) in [5.41, 5.74) is 1.81. The first-order valence-corrected chi connectivity index (χ1v) is 6.73. The summed E-state index contributed by atoms with van der Waals surface area (Å²) in [6.07, 6.45) is 0. The lowest BCUT2D eigenvalue weighted by Crippen LogP contribution is -2.22. The molecule has 1 amide bonds. The Labute approximate surface area is 115 Å². The molecule has 1 aromatic carbocycles. The van der Waals surface area contributed by atoms with Gasteiger partial charge in [0, 0.05) is 16.4 Å². The zero-order valence-corrected chi connectivity index (χ0v) is 11.7. The number of aryl methyl sites for hydroxylation is 2. The lowest BCUT2D eigenvalue weighted by Gasteiger charge is -2.04. The van der Waals surface area contributed by atoms with Gasteiger partial charge in [-0.25, -0.2) is 4.98 Å². The summed E-state index contributed by atoms with van der Waals surface area (Å²) in [4.78, 5) is 17.2. The Kier molecular flexibility index (Phi) is 3.99. The Morgan fingerprint density at radius 2 is 2.11 bits per heavy atom. The van der Waals surface area contributed by atoms with Gasteiger partial charge in [0.25, 0.3) is 5.91 Å². The van der Waals surface area contributed by atoms with E-state index in [1.807, 2.05) is 32.0 Å². The van der Waals surface area contributed by atoms with Gasteiger partial charge in [-0.15, -0.1) is 11.3 Å². The Morgan fingerprint density at radius 1 is 1.39 bits per heavy atom. The second-order valence-corrected chi connectivity index (χ2v) is 5.55. The highest BCUT2D eigenvalue weighted by atomic mass is 35.5. The van der Waals surface area contributed by atoms with Crippen molar-refractivity contribution in [1.29, 1.82) is 0 Å². The average Bonchev–Trinajstić information content (AvgIpc) is 2.68. The Bertz CT molecular complexity index is 561. The second-order valence-electron chi connectivity index (χ2n) is 3.93. The number of hydrogen-bond donors (Lipinski definition) is 1. The van der Waals surface area contributed by atoms with Gasteiger partial charge in [-0.05, 0) is 25.5 Å². The Morgan fingerprint density at radius 3 is 2.72 bits per heavy atom. The van der Waals surface area contributed by atoms with Crippen molar-refractivity contribution in [2.24, 2.45) is 0 Å². The number of halogens is 1. The molecule has 0 fully saturated rings. The largest absolute Gasteiger partial charge is 0.346 e. The van der Waals surface area contributed by atoms with Crippen LogP contribution in [0.5, 0.6) is 0 Å². The molecule has 0 radical (unpaired) electrons. The number of carbonyl (C=O) groups excluding carboxylic acids is 1. The molecule has 2 aromatic rings. The third kappa shape index (κ3) is 2.89. The predicted molar refractivity (Wildman–Crippen MR) is 74.2 cm³/mol. The number of amides is 1. The third-order valence-electron chi connectivity index (χ3n) is 2.62. The number of benzene rings is 1. The van der Waals surface area contributed by atoms with Crippen LogP contribution in [0.2, 0.25) is 5.02 Å². The Balaban J connectivity index is 2.03. The van der Waals surface area contributed by atoms with Crippen LogP contribution in [0.4, 0.5) is 0 Å². The summed E-state index contributed by atoms with van der Waals surface area (Å²) < 4.78 is 0. The Hall–Kier alpha value is -1.39. The predicted octanol–water partition coefficient (Wildman–Crippen LogP) is 3.34. The molecule has 2 rings (SSSR count). The van der Waals surface area contributed by atoms with Gasteiger partial charge in [0.1, 0.15) is 0 Å². The van der Waals surface area contributed by atoms with Crippen molar-refractivity contribution >= 4 is 28.8 Å². The van der Waals surface area contributed by atoms with Crippen LogP contribution < -0.4 is 5.32 Å². The van der Waals surface area contributed by atoms with E-state index in [1.165, 1.54) is 11.3 Å². The molecule has 0 unspecified atom stereocenters. The molecule has 0 aliphatic carbocycles. The van der Waals surface area contributed by atoms with E-state index in [1.54, 1.807) is 6.07 Å². The topological polar surface area (TPSA) is 42.0 Å².